The van der Waals surface area contributed by atoms with Crippen LogP contribution < -0.4 is 15.4 Å². The Balaban J connectivity index is 1.86. The van der Waals surface area contributed by atoms with E-state index in [9.17, 15) is 9.59 Å². The summed E-state index contributed by atoms with van der Waals surface area (Å²) in [6.07, 6.45) is 3.29. The first-order valence-corrected chi connectivity index (χ1v) is 10.3. The molecule has 144 valence electrons. The van der Waals surface area contributed by atoms with Crippen LogP contribution in [0.3, 0.4) is 0 Å². The predicted octanol–water partition coefficient (Wildman–Crippen LogP) is 4.87. The molecular formula is C21H26N2O3S. The summed E-state index contributed by atoms with van der Waals surface area (Å²) in [6.45, 7) is 6.57. The number of anilines is 2. The van der Waals surface area contributed by atoms with Gasteiger partial charge in [0.15, 0.2) is 0 Å². The number of thiophene rings is 1. The summed E-state index contributed by atoms with van der Waals surface area (Å²) < 4.78 is 5.44. The standard InChI is InChI=1S/C21H26N2O3S/c1-4-18(24)23-21-19(16-11-6-13(3)12-17(16)27-21)20(25)22-14-7-9-15(10-8-14)26-5-2/h7-10,13H,4-6,11-12H2,1-3H3,(H,22,25)(H,23,24)/t13-/m1/s1. The first-order valence-electron chi connectivity index (χ1n) is 9.50. The van der Waals surface area contributed by atoms with Crippen LogP contribution in [0.1, 0.15) is 54.4 Å². The monoisotopic (exact) mass is 386 g/mol. The lowest BCUT2D eigenvalue weighted by atomic mass is 9.88. The van der Waals surface area contributed by atoms with Crippen molar-refractivity contribution >= 4 is 33.8 Å². The van der Waals surface area contributed by atoms with Gasteiger partial charge < -0.3 is 15.4 Å². The number of hydrogen-bond acceptors (Lipinski definition) is 4. The van der Waals surface area contributed by atoms with Gasteiger partial charge in [0.25, 0.3) is 5.91 Å². The van der Waals surface area contributed by atoms with E-state index in [0.717, 1.165) is 30.6 Å². The first-order chi connectivity index (χ1) is 13.0. The summed E-state index contributed by atoms with van der Waals surface area (Å²) in [4.78, 5) is 26.2. The topological polar surface area (TPSA) is 67.4 Å². The molecular weight excluding hydrogens is 360 g/mol. The van der Waals surface area contributed by atoms with Crippen LogP contribution in [0.2, 0.25) is 0 Å². The summed E-state index contributed by atoms with van der Waals surface area (Å²) >= 11 is 1.54. The zero-order chi connectivity index (χ0) is 19.4. The molecule has 1 aliphatic carbocycles. The number of benzene rings is 1. The van der Waals surface area contributed by atoms with Crippen LogP contribution in [0.4, 0.5) is 10.7 Å². The van der Waals surface area contributed by atoms with E-state index in [1.165, 1.54) is 4.88 Å². The summed E-state index contributed by atoms with van der Waals surface area (Å²) in [5, 5.41) is 6.56. The van der Waals surface area contributed by atoms with Crippen molar-refractivity contribution in [2.24, 2.45) is 5.92 Å². The van der Waals surface area contributed by atoms with Crippen LogP contribution in [0.25, 0.3) is 0 Å². The Hall–Kier alpha value is -2.34. The number of carbonyl (C=O) groups excluding carboxylic acids is 2. The lowest BCUT2D eigenvalue weighted by Crippen LogP contribution is -2.19. The molecule has 0 radical (unpaired) electrons. The van der Waals surface area contributed by atoms with Gasteiger partial charge in [0.05, 0.1) is 12.2 Å². The van der Waals surface area contributed by atoms with E-state index < -0.39 is 0 Å². The lowest BCUT2D eigenvalue weighted by Gasteiger charge is -2.18. The highest BCUT2D eigenvalue weighted by Gasteiger charge is 2.28. The van der Waals surface area contributed by atoms with Crippen molar-refractivity contribution in [2.45, 2.75) is 46.5 Å². The molecule has 6 heteroatoms. The Labute approximate surface area is 164 Å². The van der Waals surface area contributed by atoms with Crippen LogP contribution >= 0.6 is 11.3 Å². The molecule has 2 amide bonds. The number of amides is 2. The van der Waals surface area contributed by atoms with Crippen molar-refractivity contribution < 1.29 is 14.3 Å². The minimum atomic E-state index is -0.169. The second-order valence-electron chi connectivity index (χ2n) is 6.87. The van der Waals surface area contributed by atoms with Crippen LogP contribution in [0.15, 0.2) is 24.3 Å². The molecule has 1 atom stereocenters. The molecule has 2 N–H and O–H groups in total. The smallest absolute Gasteiger partial charge is 0.258 e. The molecule has 1 aromatic heterocycles. The molecule has 2 aromatic rings. The Kier molecular flexibility index (Phi) is 6.16. The lowest BCUT2D eigenvalue weighted by molar-refractivity contribution is -0.115. The summed E-state index contributed by atoms with van der Waals surface area (Å²) in [5.74, 6) is 1.13. The molecule has 1 aromatic carbocycles. The van der Waals surface area contributed by atoms with Crippen LogP contribution in [-0.4, -0.2) is 18.4 Å². The van der Waals surface area contributed by atoms with Gasteiger partial charge in [-0.1, -0.05) is 13.8 Å². The number of nitrogens with one attached hydrogen (secondary N) is 2. The van der Waals surface area contributed by atoms with E-state index in [1.807, 2.05) is 38.1 Å². The van der Waals surface area contributed by atoms with Crippen molar-refractivity contribution in [1.29, 1.82) is 0 Å². The van der Waals surface area contributed by atoms with Gasteiger partial charge in [0.1, 0.15) is 10.8 Å². The molecule has 0 saturated carbocycles. The SMILES string of the molecule is CCOc1ccc(NC(=O)c2c(NC(=O)CC)sc3c2CC[C@@H](C)C3)cc1. The highest BCUT2D eigenvalue weighted by molar-refractivity contribution is 7.17. The van der Waals surface area contributed by atoms with Gasteiger partial charge in [-0.2, -0.15) is 0 Å². The van der Waals surface area contributed by atoms with Crippen LogP contribution in [0.5, 0.6) is 5.75 Å². The fourth-order valence-electron chi connectivity index (χ4n) is 3.29. The summed E-state index contributed by atoms with van der Waals surface area (Å²) in [5.41, 5.74) is 2.42. The molecule has 0 bridgehead atoms. The molecule has 5 nitrogen and oxygen atoms in total. The Bertz CT molecular complexity index is 827. The fourth-order valence-corrected chi connectivity index (χ4v) is 4.71. The Morgan fingerprint density at radius 3 is 2.59 bits per heavy atom. The maximum Gasteiger partial charge on any atom is 0.258 e. The van der Waals surface area contributed by atoms with Crippen molar-refractivity contribution in [2.75, 3.05) is 17.2 Å². The minimum Gasteiger partial charge on any atom is -0.494 e. The predicted molar refractivity (Wildman–Crippen MR) is 110 cm³/mol. The molecule has 1 aliphatic rings. The van der Waals surface area contributed by atoms with Crippen LogP contribution in [0, 0.1) is 5.92 Å². The second-order valence-corrected chi connectivity index (χ2v) is 7.97. The third-order valence-corrected chi connectivity index (χ3v) is 5.91. The average molecular weight is 387 g/mol. The maximum absolute atomic E-state index is 13.0. The number of fused-ring (bicyclic) bond motifs is 1. The third-order valence-electron chi connectivity index (χ3n) is 4.74. The average Bonchev–Trinajstić information content (AvgIpc) is 3.00. The van der Waals surface area contributed by atoms with Gasteiger partial charge in [-0.05, 0) is 61.9 Å². The first kappa shape index (κ1) is 19.4. The summed E-state index contributed by atoms with van der Waals surface area (Å²) in [7, 11) is 0. The van der Waals surface area contributed by atoms with E-state index in [1.54, 1.807) is 11.3 Å². The summed E-state index contributed by atoms with van der Waals surface area (Å²) in [6, 6.07) is 7.33. The zero-order valence-corrected chi connectivity index (χ0v) is 16.9. The highest BCUT2D eigenvalue weighted by Crippen LogP contribution is 2.40. The van der Waals surface area contributed by atoms with Gasteiger partial charge in [0.2, 0.25) is 5.91 Å². The van der Waals surface area contributed by atoms with Gasteiger partial charge in [-0.3, -0.25) is 9.59 Å². The third kappa shape index (κ3) is 4.50. The zero-order valence-electron chi connectivity index (χ0n) is 16.1. The number of ether oxygens (including phenoxy) is 1. The molecule has 1 heterocycles. The van der Waals surface area contributed by atoms with Crippen LogP contribution in [-0.2, 0) is 17.6 Å². The van der Waals surface area contributed by atoms with E-state index in [2.05, 4.69) is 17.6 Å². The van der Waals surface area contributed by atoms with Gasteiger partial charge >= 0.3 is 0 Å². The van der Waals surface area contributed by atoms with Crippen molar-refractivity contribution in [1.82, 2.24) is 0 Å². The van der Waals surface area contributed by atoms with E-state index in [0.29, 0.717) is 35.2 Å². The van der Waals surface area contributed by atoms with E-state index in [-0.39, 0.29) is 11.8 Å². The molecule has 0 saturated heterocycles. The van der Waals surface area contributed by atoms with Crippen molar-refractivity contribution in [3.05, 3.63) is 40.3 Å². The number of hydrogen-bond donors (Lipinski definition) is 2. The Morgan fingerprint density at radius 2 is 1.93 bits per heavy atom. The van der Waals surface area contributed by atoms with Crippen molar-refractivity contribution in [3.63, 3.8) is 0 Å². The van der Waals surface area contributed by atoms with Gasteiger partial charge in [-0.25, -0.2) is 0 Å². The molecule has 0 spiro atoms. The number of rotatable bonds is 6. The Morgan fingerprint density at radius 1 is 1.19 bits per heavy atom. The fraction of sp³-hybridized carbons (Fsp3) is 0.429. The molecule has 0 unspecified atom stereocenters. The molecule has 27 heavy (non-hydrogen) atoms. The highest BCUT2D eigenvalue weighted by atomic mass is 32.1. The number of carbonyl (C=O) groups is 2. The normalized spacial score (nSPS) is 15.7. The van der Waals surface area contributed by atoms with Crippen molar-refractivity contribution in [3.8, 4) is 5.75 Å². The molecule has 0 fully saturated rings. The second kappa shape index (κ2) is 8.57. The molecule has 3 rings (SSSR count). The van der Waals surface area contributed by atoms with E-state index >= 15 is 0 Å². The quantitative estimate of drug-likeness (QED) is 0.744. The molecule has 0 aliphatic heterocycles. The van der Waals surface area contributed by atoms with Gasteiger partial charge in [-0.15, -0.1) is 11.3 Å². The van der Waals surface area contributed by atoms with E-state index in [4.69, 9.17) is 4.74 Å². The minimum absolute atomic E-state index is 0.0724. The van der Waals surface area contributed by atoms with Gasteiger partial charge in [0, 0.05) is 17.0 Å². The maximum atomic E-state index is 13.0. The largest absolute Gasteiger partial charge is 0.494 e.